The van der Waals surface area contributed by atoms with Gasteiger partial charge in [-0.2, -0.15) is 0 Å². The zero-order valence-corrected chi connectivity index (χ0v) is 11.7. The number of imidazole rings is 1. The molecule has 0 aliphatic carbocycles. The Hall–Kier alpha value is -3.21. The Kier molecular flexibility index (Phi) is 3.01. The third kappa shape index (κ3) is 2.29. The highest BCUT2D eigenvalue weighted by Gasteiger charge is 2.05. The summed E-state index contributed by atoms with van der Waals surface area (Å²) >= 11 is 0. The number of hydrogen-bond acceptors (Lipinski definition) is 3. The van der Waals surface area contributed by atoms with Crippen molar-refractivity contribution >= 4 is 0 Å². The van der Waals surface area contributed by atoms with Gasteiger partial charge in [0, 0.05) is 12.4 Å². The Morgan fingerprint density at radius 1 is 0.864 bits per heavy atom. The second kappa shape index (κ2) is 5.29. The van der Waals surface area contributed by atoms with E-state index in [-0.39, 0.29) is 0 Å². The molecule has 0 N–H and O–H groups in total. The Morgan fingerprint density at radius 3 is 2.55 bits per heavy atom. The lowest BCUT2D eigenvalue weighted by molar-refractivity contribution is 0.799. The van der Waals surface area contributed by atoms with Gasteiger partial charge in [0.2, 0.25) is 0 Å². The summed E-state index contributed by atoms with van der Waals surface area (Å²) in [5.41, 5.74) is 3.30. The molecule has 0 aliphatic heterocycles. The monoisotopic (exact) mass is 287 g/mol. The van der Waals surface area contributed by atoms with E-state index < -0.39 is 0 Å². The molecule has 0 fully saturated rings. The second-order valence-electron chi connectivity index (χ2n) is 4.91. The fourth-order valence-corrected chi connectivity index (χ4v) is 2.35. The average molecular weight is 287 g/mol. The van der Waals surface area contributed by atoms with Crippen LogP contribution in [0.1, 0.15) is 0 Å². The van der Waals surface area contributed by atoms with Crippen molar-refractivity contribution in [2.24, 2.45) is 0 Å². The fraction of sp³-hybridized carbons (Fsp3) is 0. The highest BCUT2D eigenvalue weighted by molar-refractivity contribution is 5.65. The largest absolute Gasteiger partial charge is 0.288 e. The first kappa shape index (κ1) is 12.5. The molecular formula is C17H13N5. The van der Waals surface area contributed by atoms with Gasteiger partial charge in [0.15, 0.2) is 5.82 Å². The third-order valence-corrected chi connectivity index (χ3v) is 3.47. The van der Waals surface area contributed by atoms with E-state index in [2.05, 4.69) is 39.6 Å². The van der Waals surface area contributed by atoms with Crippen LogP contribution >= 0.6 is 0 Å². The summed E-state index contributed by atoms with van der Waals surface area (Å²) in [4.78, 5) is 4.02. The van der Waals surface area contributed by atoms with E-state index in [1.54, 1.807) is 17.2 Å². The molecule has 0 bridgehead atoms. The van der Waals surface area contributed by atoms with E-state index in [1.807, 2.05) is 47.3 Å². The lowest BCUT2D eigenvalue weighted by atomic mass is 10.1. The van der Waals surface area contributed by atoms with Crippen LogP contribution in [0.4, 0.5) is 0 Å². The molecule has 0 amide bonds. The first-order chi connectivity index (χ1) is 10.9. The van der Waals surface area contributed by atoms with E-state index in [0.29, 0.717) is 0 Å². The predicted molar refractivity (Wildman–Crippen MR) is 83.9 cm³/mol. The molecule has 0 unspecified atom stereocenters. The van der Waals surface area contributed by atoms with Crippen molar-refractivity contribution in [3.63, 3.8) is 0 Å². The highest BCUT2D eigenvalue weighted by atomic mass is 15.4. The summed E-state index contributed by atoms with van der Waals surface area (Å²) < 4.78 is 3.59. The van der Waals surface area contributed by atoms with Gasteiger partial charge < -0.3 is 0 Å². The standard InChI is InChI=1S/C17H13N5/c1-2-5-14(6-3-1)15-7-4-8-16(11-15)22-12-17(19-20-22)21-10-9-18-13-21/h1-13H. The van der Waals surface area contributed by atoms with Crippen LogP contribution in [0.3, 0.4) is 0 Å². The second-order valence-corrected chi connectivity index (χ2v) is 4.91. The molecule has 106 valence electrons. The molecule has 2 aromatic carbocycles. The Balaban J connectivity index is 1.72. The number of benzene rings is 2. The van der Waals surface area contributed by atoms with Crippen LogP contribution in [0.5, 0.6) is 0 Å². The van der Waals surface area contributed by atoms with Gasteiger partial charge in [0.1, 0.15) is 6.33 Å². The first-order valence-electron chi connectivity index (χ1n) is 6.97. The Labute approximate surface area is 127 Å². The maximum absolute atomic E-state index is 4.20. The van der Waals surface area contributed by atoms with Crippen LogP contribution < -0.4 is 0 Å². The minimum absolute atomic E-state index is 0.739. The van der Waals surface area contributed by atoms with Crippen molar-refractivity contribution in [2.45, 2.75) is 0 Å². The number of rotatable bonds is 3. The van der Waals surface area contributed by atoms with Gasteiger partial charge in [-0.05, 0) is 23.3 Å². The van der Waals surface area contributed by atoms with E-state index in [9.17, 15) is 0 Å². The maximum atomic E-state index is 4.20. The first-order valence-corrected chi connectivity index (χ1v) is 6.97. The van der Waals surface area contributed by atoms with Gasteiger partial charge in [-0.3, -0.25) is 4.57 Å². The number of nitrogens with zero attached hydrogens (tertiary/aromatic N) is 5. The summed E-state index contributed by atoms with van der Waals surface area (Å²) in [7, 11) is 0. The van der Waals surface area contributed by atoms with Crippen molar-refractivity contribution < 1.29 is 0 Å². The van der Waals surface area contributed by atoms with Crippen LogP contribution in [-0.2, 0) is 0 Å². The van der Waals surface area contributed by atoms with Crippen LogP contribution in [-0.4, -0.2) is 24.5 Å². The molecule has 5 nitrogen and oxygen atoms in total. The minimum atomic E-state index is 0.739. The molecule has 5 heteroatoms. The highest BCUT2D eigenvalue weighted by Crippen LogP contribution is 2.21. The zero-order valence-electron chi connectivity index (χ0n) is 11.7. The summed E-state index contributed by atoms with van der Waals surface area (Å²) in [5, 5.41) is 8.37. The van der Waals surface area contributed by atoms with Crippen molar-refractivity contribution in [1.29, 1.82) is 0 Å². The molecule has 4 aromatic rings. The van der Waals surface area contributed by atoms with Crippen LogP contribution in [0, 0.1) is 0 Å². The molecule has 0 spiro atoms. The Bertz CT molecular complexity index is 878. The van der Waals surface area contributed by atoms with Crippen molar-refractivity contribution in [1.82, 2.24) is 24.5 Å². The molecular weight excluding hydrogens is 274 g/mol. The van der Waals surface area contributed by atoms with Gasteiger partial charge >= 0.3 is 0 Å². The van der Waals surface area contributed by atoms with Crippen LogP contribution in [0.2, 0.25) is 0 Å². The summed E-state index contributed by atoms with van der Waals surface area (Å²) in [6.07, 6.45) is 7.14. The van der Waals surface area contributed by atoms with Crippen LogP contribution in [0.15, 0.2) is 79.5 Å². The summed E-state index contributed by atoms with van der Waals surface area (Å²) in [6.45, 7) is 0. The molecule has 2 heterocycles. The fourth-order valence-electron chi connectivity index (χ4n) is 2.35. The summed E-state index contributed by atoms with van der Waals surface area (Å²) in [6, 6.07) is 18.5. The van der Waals surface area contributed by atoms with E-state index >= 15 is 0 Å². The third-order valence-electron chi connectivity index (χ3n) is 3.47. The number of aromatic nitrogens is 5. The van der Waals surface area contributed by atoms with E-state index in [1.165, 1.54) is 5.56 Å². The van der Waals surface area contributed by atoms with Gasteiger partial charge in [0.05, 0.1) is 11.9 Å². The smallest absolute Gasteiger partial charge is 0.180 e. The SMILES string of the molecule is c1ccc(-c2cccc(-n3cc(-n4ccnc4)nn3)c2)cc1. The van der Waals surface area contributed by atoms with Gasteiger partial charge in [-0.25, -0.2) is 9.67 Å². The minimum Gasteiger partial charge on any atom is -0.288 e. The number of hydrogen-bond donors (Lipinski definition) is 0. The molecule has 0 radical (unpaired) electrons. The molecule has 4 rings (SSSR count). The molecule has 2 aromatic heterocycles. The van der Waals surface area contributed by atoms with Gasteiger partial charge in [0.25, 0.3) is 0 Å². The summed E-state index contributed by atoms with van der Waals surface area (Å²) in [5.74, 6) is 0.739. The molecule has 0 saturated carbocycles. The van der Waals surface area contributed by atoms with E-state index in [4.69, 9.17) is 0 Å². The molecule has 22 heavy (non-hydrogen) atoms. The van der Waals surface area contributed by atoms with Crippen LogP contribution in [0.25, 0.3) is 22.6 Å². The normalized spacial score (nSPS) is 10.7. The lowest BCUT2D eigenvalue weighted by Crippen LogP contribution is -1.95. The van der Waals surface area contributed by atoms with Crippen molar-refractivity contribution in [3.05, 3.63) is 79.5 Å². The van der Waals surface area contributed by atoms with E-state index in [0.717, 1.165) is 17.1 Å². The van der Waals surface area contributed by atoms with Crippen molar-refractivity contribution in [2.75, 3.05) is 0 Å². The van der Waals surface area contributed by atoms with Crippen molar-refractivity contribution in [3.8, 4) is 22.6 Å². The molecule has 0 atom stereocenters. The lowest BCUT2D eigenvalue weighted by Gasteiger charge is -2.05. The van der Waals surface area contributed by atoms with Gasteiger partial charge in [-0.1, -0.05) is 47.7 Å². The zero-order chi connectivity index (χ0) is 14.8. The average Bonchev–Trinajstić information content (AvgIpc) is 3.27. The quantitative estimate of drug-likeness (QED) is 0.581. The topological polar surface area (TPSA) is 48.5 Å². The predicted octanol–water partition coefficient (Wildman–Crippen LogP) is 3.12. The van der Waals surface area contributed by atoms with Gasteiger partial charge in [-0.15, -0.1) is 5.10 Å². The maximum Gasteiger partial charge on any atom is 0.180 e. The molecule has 0 aliphatic rings. The Morgan fingerprint density at radius 2 is 1.73 bits per heavy atom. The molecule has 0 saturated heterocycles.